The van der Waals surface area contributed by atoms with E-state index in [1.165, 1.54) is 4.90 Å². The lowest BCUT2D eigenvalue weighted by molar-refractivity contribution is -0.188. The Morgan fingerprint density at radius 2 is 2.05 bits per heavy atom. The van der Waals surface area contributed by atoms with Gasteiger partial charge in [0.2, 0.25) is 5.91 Å². The van der Waals surface area contributed by atoms with E-state index in [2.05, 4.69) is 5.32 Å². The smallest absolute Gasteiger partial charge is 0.341 e. The maximum Gasteiger partial charge on any atom is 0.393 e. The van der Waals surface area contributed by atoms with Crippen LogP contribution >= 0.6 is 12.4 Å². The zero-order chi connectivity index (χ0) is 14.8. The van der Waals surface area contributed by atoms with Crippen LogP contribution in [0.2, 0.25) is 0 Å². The lowest BCUT2D eigenvalue weighted by Gasteiger charge is -2.37. The van der Waals surface area contributed by atoms with Gasteiger partial charge in [0, 0.05) is 38.8 Å². The van der Waals surface area contributed by atoms with Crippen LogP contribution in [0.5, 0.6) is 0 Å². The van der Waals surface area contributed by atoms with Crippen LogP contribution in [0.1, 0.15) is 19.8 Å². The number of nitrogens with one attached hydrogen (secondary N) is 1. The third-order valence-electron chi connectivity index (χ3n) is 4.21. The second-order valence-electron chi connectivity index (χ2n) is 5.74. The Hall–Kier alpha value is -0.530. The monoisotopic (exact) mass is 329 g/mol. The molecular weight excluding hydrogens is 307 g/mol. The van der Waals surface area contributed by atoms with Crippen LogP contribution in [0.25, 0.3) is 0 Å². The number of hydrogen-bond donors (Lipinski definition) is 1. The Labute approximate surface area is 129 Å². The first-order chi connectivity index (χ1) is 9.38. The summed E-state index contributed by atoms with van der Waals surface area (Å²) in [5, 5.41) is 3.23. The van der Waals surface area contributed by atoms with Crippen molar-refractivity contribution in [1.82, 2.24) is 15.1 Å². The van der Waals surface area contributed by atoms with Crippen molar-refractivity contribution in [3.05, 3.63) is 0 Å². The molecule has 8 heteroatoms. The van der Waals surface area contributed by atoms with Crippen LogP contribution in [0.15, 0.2) is 0 Å². The van der Waals surface area contributed by atoms with Gasteiger partial charge in [0.05, 0.1) is 12.5 Å². The summed E-state index contributed by atoms with van der Waals surface area (Å²) in [5.41, 5.74) is 0. The molecule has 124 valence electrons. The number of amides is 1. The lowest BCUT2D eigenvalue weighted by Crippen LogP contribution is -2.54. The van der Waals surface area contributed by atoms with Gasteiger partial charge in [-0.3, -0.25) is 9.69 Å². The van der Waals surface area contributed by atoms with Crippen molar-refractivity contribution in [2.24, 2.45) is 5.92 Å². The van der Waals surface area contributed by atoms with E-state index in [4.69, 9.17) is 0 Å². The van der Waals surface area contributed by atoms with Crippen molar-refractivity contribution < 1.29 is 18.0 Å². The average molecular weight is 330 g/mol. The molecule has 0 aromatic heterocycles. The molecule has 0 aliphatic carbocycles. The number of carbonyl (C=O) groups excluding carboxylic acids is 1. The van der Waals surface area contributed by atoms with Crippen molar-refractivity contribution in [3.63, 3.8) is 0 Å². The lowest BCUT2D eigenvalue weighted by atomic mass is 9.97. The summed E-state index contributed by atoms with van der Waals surface area (Å²) >= 11 is 0. The van der Waals surface area contributed by atoms with Crippen molar-refractivity contribution in [3.8, 4) is 0 Å². The minimum atomic E-state index is -4.19. The SMILES string of the molecule is C[C@H]1CNCCN1CC(=O)N1CCCC(C(F)(F)F)C1.Cl. The Kier molecular flexibility index (Phi) is 6.74. The summed E-state index contributed by atoms with van der Waals surface area (Å²) in [6.45, 7) is 4.93. The second-order valence-corrected chi connectivity index (χ2v) is 5.74. The summed E-state index contributed by atoms with van der Waals surface area (Å²) in [6.07, 6.45) is -3.62. The number of halogens is 4. The highest BCUT2D eigenvalue weighted by atomic mass is 35.5. The van der Waals surface area contributed by atoms with E-state index in [0.29, 0.717) is 13.0 Å². The van der Waals surface area contributed by atoms with E-state index >= 15 is 0 Å². The fourth-order valence-corrected chi connectivity index (χ4v) is 2.86. The topological polar surface area (TPSA) is 35.6 Å². The van der Waals surface area contributed by atoms with Crippen LogP contribution in [0, 0.1) is 5.92 Å². The van der Waals surface area contributed by atoms with E-state index in [9.17, 15) is 18.0 Å². The first kappa shape index (κ1) is 18.5. The van der Waals surface area contributed by atoms with Crippen molar-refractivity contribution in [1.29, 1.82) is 0 Å². The van der Waals surface area contributed by atoms with E-state index < -0.39 is 12.1 Å². The molecule has 2 rings (SSSR count). The molecule has 1 amide bonds. The molecular formula is C13H23ClF3N3O. The molecule has 2 aliphatic heterocycles. The molecule has 0 radical (unpaired) electrons. The van der Waals surface area contributed by atoms with Gasteiger partial charge in [-0.25, -0.2) is 0 Å². The van der Waals surface area contributed by atoms with Gasteiger partial charge in [-0.1, -0.05) is 0 Å². The van der Waals surface area contributed by atoms with E-state index in [0.717, 1.165) is 19.6 Å². The zero-order valence-electron chi connectivity index (χ0n) is 12.2. The summed E-state index contributed by atoms with van der Waals surface area (Å²) in [5.74, 6) is -1.53. The fourth-order valence-electron chi connectivity index (χ4n) is 2.86. The zero-order valence-corrected chi connectivity index (χ0v) is 13.0. The standard InChI is InChI=1S/C13H22F3N3O.ClH/c1-10-7-17-4-6-18(10)9-12(20)19-5-2-3-11(8-19)13(14,15)16;/h10-11,17H,2-9H2,1H3;1H/t10-,11?;/m0./s1. The summed E-state index contributed by atoms with van der Waals surface area (Å²) in [6, 6.07) is 0.246. The third kappa shape index (κ3) is 5.00. The van der Waals surface area contributed by atoms with Gasteiger partial charge in [0.1, 0.15) is 0 Å². The van der Waals surface area contributed by atoms with Gasteiger partial charge in [-0.05, 0) is 19.8 Å². The van der Waals surface area contributed by atoms with Gasteiger partial charge in [0.25, 0.3) is 0 Å². The van der Waals surface area contributed by atoms with Gasteiger partial charge >= 0.3 is 6.18 Å². The number of rotatable bonds is 2. The molecule has 2 heterocycles. The normalized spacial score (nSPS) is 28.1. The molecule has 4 nitrogen and oxygen atoms in total. The summed E-state index contributed by atoms with van der Waals surface area (Å²) in [7, 11) is 0. The Bertz CT molecular complexity index is 354. The van der Waals surface area contributed by atoms with Gasteiger partial charge in [0.15, 0.2) is 0 Å². The third-order valence-corrected chi connectivity index (χ3v) is 4.21. The minimum Gasteiger partial charge on any atom is -0.341 e. The van der Waals surface area contributed by atoms with Crippen LogP contribution in [-0.4, -0.2) is 67.2 Å². The molecule has 2 aliphatic rings. The summed E-state index contributed by atoms with van der Waals surface area (Å²) < 4.78 is 38.2. The molecule has 0 saturated carbocycles. The number of carbonyl (C=O) groups is 1. The molecule has 0 aromatic rings. The van der Waals surface area contributed by atoms with Gasteiger partial charge in [-0.15, -0.1) is 12.4 Å². The van der Waals surface area contributed by atoms with Crippen molar-refractivity contribution >= 4 is 18.3 Å². The average Bonchev–Trinajstić information content (AvgIpc) is 2.40. The molecule has 2 saturated heterocycles. The van der Waals surface area contributed by atoms with Crippen molar-refractivity contribution in [2.45, 2.75) is 32.0 Å². The number of piperidine rings is 1. The van der Waals surface area contributed by atoms with E-state index in [1.807, 2.05) is 11.8 Å². The highest BCUT2D eigenvalue weighted by Gasteiger charge is 2.42. The van der Waals surface area contributed by atoms with E-state index in [1.54, 1.807) is 0 Å². The molecule has 21 heavy (non-hydrogen) atoms. The molecule has 0 spiro atoms. The first-order valence-corrected chi connectivity index (χ1v) is 7.17. The van der Waals surface area contributed by atoms with Gasteiger partial charge in [-0.2, -0.15) is 13.2 Å². The predicted octanol–water partition coefficient (Wildman–Crippen LogP) is 1.50. The molecule has 0 aromatic carbocycles. The van der Waals surface area contributed by atoms with Gasteiger partial charge < -0.3 is 10.2 Å². The number of alkyl halides is 3. The maximum atomic E-state index is 12.7. The number of nitrogens with zero attached hydrogens (tertiary/aromatic N) is 2. The quantitative estimate of drug-likeness (QED) is 0.834. The summed E-state index contributed by atoms with van der Waals surface area (Å²) in [4.78, 5) is 15.6. The first-order valence-electron chi connectivity index (χ1n) is 7.17. The van der Waals surface area contributed by atoms with Crippen LogP contribution in [0.3, 0.4) is 0 Å². The molecule has 1 N–H and O–H groups in total. The van der Waals surface area contributed by atoms with Crippen molar-refractivity contribution in [2.75, 3.05) is 39.3 Å². The highest BCUT2D eigenvalue weighted by molar-refractivity contribution is 5.85. The Balaban J connectivity index is 0.00000220. The maximum absolute atomic E-state index is 12.7. The van der Waals surface area contributed by atoms with E-state index in [-0.39, 0.29) is 43.9 Å². The Morgan fingerprint density at radius 1 is 1.33 bits per heavy atom. The highest BCUT2D eigenvalue weighted by Crippen LogP contribution is 2.33. The predicted molar refractivity (Wildman–Crippen MR) is 76.5 cm³/mol. The molecule has 0 bridgehead atoms. The minimum absolute atomic E-state index is 0. The second kappa shape index (κ2) is 7.65. The van der Waals surface area contributed by atoms with Crippen LogP contribution in [-0.2, 0) is 4.79 Å². The molecule has 2 atom stereocenters. The Morgan fingerprint density at radius 3 is 2.67 bits per heavy atom. The molecule has 1 unspecified atom stereocenters. The largest absolute Gasteiger partial charge is 0.393 e. The van der Waals surface area contributed by atoms with Crippen LogP contribution < -0.4 is 5.32 Å². The number of hydrogen-bond acceptors (Lipinski definition) is 3. The molecule has 2 fully saturated rings. The number of likely N-dealkylation sites (tertiary alicyclic amines) is 1. The van der Waals surface area contributed by atoms with Crippen LogP contribution in [0.4, 0.5) is 13.2 Å². The fraction of sp³-hybridized carbons (Fsp3) is 0.923. The number of piperazine rings is 1.